The van der Waals surface area contributed by atoms with Crippen LogP contribution in [-0.4, -0.2) is 3.53 Å². The summed E-state index contributed by atoms with van der Waals surface area (Å²) in [6, 6.07) is 0. The Morgan fingerprint density at radius 3 is 1.50 bits per heavy atom. The van der Waals surface area contributed by atoms with Crippen molar-refractivity contribution in [3.8, 4) is 0 Å². The standard InChI is InChI=1S/CCl3OP/c2-1(3,4)6-5. The monoisotopic (exact) mass is 164 g/mol. The van der Waals surface area contributed by atoms with Crippen LogP contribution < -0.4 is 0 Å². The van der Waals surface area contributed by atoms with Gasteiger partial charge in [-0.15, -0.1) is 0 Å². The summed E-state index contributed by atoms with van der Waals surface area (Å²) in [4.78, 5) is 0. The van der Waals surface area contributed by atoms with Gasteiger partial charge in [-0.2, -0.15) is 0 Å². The molecule has 0 aromatic rings. The molecule has 0 atom stereocenters. The van der Waals surface area contributed by atoms with E-state index in [1.807, 2.05) is 0 Å². The molecule has 0 saturated heterocycles. The van der Waals surface area contributed by atoms with Gasteiger partial charge in [0.2, 0.25) is 8.46 Å². The van der Waals surface area contributed by atoms with Crippen molar-refractivity contribution >= 4 is 43.3 Å². The molecule has 0 spiro atoms. The SMILES string of the molecule is O=PC(Cl)(Cl)Cl. The van der Waals surface area contributed by atoms with Crippen molar-refractivity contribution in [2.24, 2.45) is 0 Å². The highest BCUT2D eigenvalue weighted by Crippen LogP contribution is 2.36. The minimum Gasteiger partial charge on any atom is -0.270 e. The zero-order chi connectivity index (χ0) is 5.21. The van der Waals surface area contributed by atoms with Crippen LogP contribution in [0.3, 0.4) is 0 Å². The number of halogens is 3. The largest absolute Gasteiger partial charge is 0.270 e. The summed E-state index contributed by atoms with van der Waals surface area (Å²) in [5, 5.41) is 0. The third-order valence-corrected chi connectivity index (χ3v) is 0.932. The molecule has 1 nitrogen and oxygen atoms in total. The van der Waals surface area contributed by atoms with Gasteiger partial charge in [-0.25, -0.2) is 0 Å². The lowest BCUT2D eigenvalue weighted by Gasteiger charge is -1.91. The fourth-order valence-electron chi connectivity index (χ4n) is 0. The van der Waals surface area contributed by atoms with E-state index in [4.69, 9.17) is 34.8 Å². The molecular formula is CCl3OP. The first-order valence-corrected chi connectivity index (χ1v) is 2.92. The van der Waals surface area contributed by atoms with Crippen molar-refractivity contribution in [3.63, 3.8) is 0 Å². The Balaban J connectivity index is 3.45. The first kappa shape index (κ1) is 6.97. The molecule has 5 heteroatoms. The molecule has 0 heterocycles. The summed E-state index contributed by atoms with van der Waals surface area (Å²) in [5.41, 5.74) is 0. The fourth-order valence-corrected chi connectivity index (χ4v) is 0. The highest BCUT2D eigenvalue weighted by molar-refractivity contribution is 7.37. The molecule has 0 saturated carbocycles. The molecule has 6 heavy (non-hydrogen) atoms. The zero-order valence-corrected chi connectivity index (χ0v) is 5.65. The molecule has 0 aliphatic rings. The van der Waals surface area contributed by atoms with Crippen LogP contribution in [0.4, 0.5) is 0 Å². The van der Waals surface area contributed by atoms with Gasteiger partial charge in [-0.1, -0.05) is 34.8 Å². The van der Waals surface area contributed by atoms with Crippen molar-refractivity contribution in [2.45, 2.75) is 3.53 Å². The van der Waals surface area contributed by atoms with E-state index in [9.17, 15) is 4.57 Å². The second-order valence-corrected chi connectivity index (χ2v) is 4.48. The van der Waals surface area contributed by atoms with Gasteiger partial charge in [0, 0.05) is 0 Å². The third-order valence-electron chi connectivity index (χ3n) is 0.104. The summed E-state index contributed by atoms with van der Waals surface area (Å²) in [7, 11) is -0.479. The Kier molecular flexibility index (Phi) is 2.70. The zero-order valence-electron chi connectivity index (χ0n) is 2.49. The number of hydrogen-bond acceptors (Lipinski definition) is 1. The Hall–Kier alpha value is 0.970. The minimum atomic E-state index is -1.62. The summed E-state index contributed by atoms with van der Waals surface area (Å²) in [5.74, 6) is 0. The van der Waals surface area contributed by atoms with E-state index in [2.05, 4.69) is 0 Å². The normalized spacial score (nSPS) is 12.5. The molecule has 0 aliphatic carbocycles. The van der Waals surface area contributed by atoms with Crippen molar-refractivity contribution in [2.75, 3.05) is 0 Å². The summed E-state index contributed by atoms with van der Waals surface area (Å²) in [6.07, 6.45) is 0. The Morgan fingerprint density at radius 2 is 1.50 bits per heavy atom. The second-order valence-electron chi connectivity index (χ2n) is 0.559. The van der Waals surface area contributed by atoms with E-state index in [1.54, 1.807) is 0 Å². The average Bonchev–Trinajstić information content (AvgIpc) is 1.35. The van der Waals surface area contributed by atoms with Gasteiger partial charge in [0.15, 0.2) is 0 Å². The predicted molar refractivity (Wildman–Crippen MR) is 27.9 cm³/mol. The Bertz CT molecular complexity index is 56.3. The van der Waals surface area contributed by atoms with Crippen LogP contribution in [0.25, 0.3) is 0 Å². The predicted octanol–water partition coefficient (Wildman–Crippen LogP) is 2.61. The Labute approximate surface area is 51.8 Å². The molecule has 36 valence electrons. The van der Waals surface area contributed by atoms with Crippen LogP contribution in [0, 0.1) is 0 Å². The average molecular weight is 165 g/mol. The maximum atomic E-state index is 9.53. The molecule has 0 aromatic heterocycles. The topological polar surface area (TPSA) is 17.1 Å². The van der Waals surface area contributed by atoms with Crippen molar-refractivity contribution < 1.29 is 4.57 Å². The lowest BCUT2D eigenvalue weighted by molar-refractivity contribution is 0.599. The maximum Gasteiger partial charge on any atom is 0.270 e. The van der Waals surface area contributed by atoms with Gasteiger partial charge in [0.25, 0.3) is 3.53 Å². The molecule has 0 aromatic carbocycles. The van der Waals surface area contributed by atoms with Crippen LogP contribution in [-0.2, 0) is 4.57 Å². The first-order chi connectivity index (χ1) is 2.56. The molecular weight excluding hydrogens is 165 g/mol. The van der Waals surface area contributed by atoms with E-state index in [0.717, 1.165) is 0 Å². The van der Waals surface area contributed by atoms with Gasteiger partial charge >= 0.3 is 0 Å². The van der Waals surface area contributed by atoms with Crippen LogP contribution in [0.2, 0.25) is 0 Å². The molecule has 0 fully saturated rings. The van der Waals surface area contributed by atoms with E-state index in [0.29, 0.717) is 0 Å². The molecule has 0 aliphatic heterocycles. The first-order valence-electron chi connectivity index (χ1n) is 0.973. The summed E-state index contributed by atoms with van der Waals surface area (Å²) < 4.78 is 7.90. The molecule has 0 bridgehead atoms. The van der Waals surface area contributed by atoms with E-state index < -0.39 is 12.0 Å². The minimum absolute atomic E-state index is 0.479. The molecule has 0 unspecified atom stereocenters. The lowest BCUT2D eigenvalue weighted by Crippen LogP contribution is -1.82. The van der Waals surface area contributed by atoms with Crippen LogP contribution in [0.1, 0.15) is 0 Å². The number of hydrogen-bond donors (Lipinski definition) is 0. The summed E-state index contributed by atoms with van der Waals surface area (Å²) >= 11 is 14.8. The number of alkyl halides is 3. The van der Waals surface area contributed by atoms with Gasteiger partial charge in [0.05, 0.1) is 0 Å². The highest BCUT2D eigenvalue weighted by Gasteiger charge is 2.18. The van der Waals surface area contributed by atoms with Gasteiger partial charge in [0.1, 0.15) is 0 Å². The highest BCUT2D eigenvalue weighted by atomic mass is 35.6. The van der Waals surface area contributed by atoms with Gasteiger partial charge in [-0.3, -0.25) is 4.57 Å². The smallest absolute Gasteiger partial charge is 0.270 e. The van der Waals surface area contributed by atoms with E-state index in [-0.39, 0.29) is 0 Å². The Morgan fingerprint density at radius 1 is 1.33 bits per heavy atom. The van der Waals surface area contributed by atoms with Crippen molar-refractivity contribution in [1.82, 2.24) is 0 Å². The lowest BCUT2D eigenvalue weighted by atomic mass is 11.8. The van der Waals surface area contributed by atoms with Crippen molar-refractivity contribution in [3.05, 3.63) is 0 Å². The van der Waals surface area contributed by atoms with Gasteiger partial charge in [-0.05, 0) is 0 Å². The van der Waals surface area contributed by atoms with E-state index >= 15 is 0 Å². The van der Waals surface area contributed by atoms with Crippen LogP contribution >= 0.6 is 43.3 Å². The molecule has 0 radical (unpaired) electrons. The van der Waals surface area contributed by atoms with Gasteiger partial charge < -0.3 is 0 Å². The summed E-state index contributed by atoms with van der Waals surface area (Å²) in [6.45, 7) is 0. The molecule has 0 N–H and O–H groups in total. The van der Waals surface area contributed by atoms with Crippen LogP contribution in [0.5, 0.6) is 0 Å². The fraction of sp³-hybridized carbons (Fsp3) is 1.00. The van der Waals surface area contributed by atoms with Crippen LogP contribution in [0.15, 0.2) is 0 Å². The third kappa shape index (κ3) is 4.97. The molecule has 0 amide bonds. The molecule has 0 rings (SSSR count). The quantitative estimate of drug-likeness (QED) is 0.398. The van der Waals surface area contributed by atoms with E-state index in [1.165, 1.54) is 0 Å². The number of rotatable bonds is 0. The maximum absolute atomic E-state index is 9.53. The second kappa shape index (κ2) is 2.32. The van der Waals surface area contributed by atoms with Crippen molar-refractivity contribution in [1.29, 1.82) is 0 Å².